The van der Waals surface area contributed by atoms with Crippen LogP contribution in [0, 0.1) is 0 Å². The number of anilines is 3. The van der Waals surface area contributed by atoms with E-state index in [1.165, 1.54) is 66.8 Å². The largest absolute Gasteiger partial charge is 0.456 e. The molecule has 3 aliphatic carbocycles. The van der Waals surface area contributed by atoms with Gasteiger partial charge in [0.1, 0.15) is 11.2 Å². The predicted octanol–water partition coefficient (Wildman–Crippen LogP) is 17.6. The van der Waals surface area contributed by atoms with Crippen LogP contribution in [0.2, 0.25) is 0 Å². The summed E-state index contributed by atoms with van der Waals surface area (Å²) in [5.74, 6) is 0. The van der Waals surface area contributed by atoms with Gasteiger partial charge in [-0.15, -0.1) is 0 Å². The maximum absolute atomic E-state index is 6.73. The number of aromatic nitrogens is 1. The lowest BCUT2D eigenvalue weighted by molar-refractivity contribution is 0.660. The van der Waals surface area contributed by atoms with Crippen molar-refractivity contribution in [3.8, 4) is 55.8 Å². The maximum atomic E-state index is 6.73. The summed E-state index contributed by atoms with van der Waals surface area (Å²) in [6.45, 7) is 4.76. The van der Waals surface area contributed by atoms with Gasteiger partial charge in [0.2, 0.25) is 0 Å². The molecule has 12 aromatic rings. The fraction of sp³-hybridized carbons (Fsp3) is 0.0597. The van der Waals surface area contributed by atoms with Crippen LogP contribution in [0.5, 0.6) is 0 Å². The zero-order chi connectivity index (χ0) is 46.3. The van der Waals surface area contributed by atoms with Gasteiger partial charge < -0.3 is 9.32 Å². The Kier molecular flexibility index (Phi) is 8.05. The lowest BCUT2D eigenvalue weighted by Crippen LogP contribution is -2.26. The maximum Gasteiger partial charge on any atom is 0.137 e. The van der Waals surface area contributed by atoms with E-state index in [9.17, 15) is 0 Å². The highest BCUT2D eigenvalue weighted by atomic mass is 16.3. The van der Waals surface area contributed by atoms with Gasteiger partial charge >= 0.3 is 0 Å². The molecule has 0 saturated heterocycles. The van der Waals surface area contributed by atoms with Gasteiger partial charge in [0.05, 0.1) is 22.3 Å². The summed E-state index contributed by atoms with van der Waals surface area (Å²) in [4.78, 5) is 8.10. The molecule has 2 aromatic heterocycles. The summed E-state index contributed by atoms with van der Waals surface area (Å²) in [5, 5.41) is 3.32. The Morgan fingerprint density at radius 1 is 0.386 bits per heavy atom. The number of hydrogen-bond donors (Lipinski definition) is 0. The Morgan fingerprint density at radius 2 is 0.957 bits per heavy atom. The normalized spacial score (nSPS) is 14.1. The van der Waals surface area contributed by atoms with Crippen LogP contribution in [-0.2, 0) is 10.8 Å². The summed E-state index contributed by atoms with van der Waals surface area (Å²) in [7, 11) is 0. The fourth-order valence-electron chi connectivity index (χ4n) is 12.8. The van der Waals surface area contributed by atoms with Crippen LogP contribution in [0.4, 0.5) is 17.1 Å². The van der Waals surface area contributed by atoms with Crippen LogP contribution in [0.1, 0.15) is 47.2 Å². The van der Waals surface area contributed by atoms with Gasteiger partial charge in [-0.1, -0.05) is 184 Å². The number of pyridine rings is 1. The Hall–Kier alpha value is -8.79. The minimum Gasteiger partial charge on any atom is -0.456 e. The summed E-state index contributed by atoms with van der Waals surface area (Å²) < 4.78 is 6.73. The number of para-hydroxylation sites is 2. The smallest absolute Gasteiger partial charge is 0.137 e. The Morgan fingerprint density at radius 3 is 1.70 bits per heavy atom. The predicted molar refractivity (Wildman–Crippen MR) is 288 cm³/mol. The van der Waals surface area contributed by atoms with E-state index in [0.717, 1.165) is 72.3 Å². The quantitative estimate of drug-likeness (QED) is 0.172. The van der Waals surface area contributed by atoms with Crippen molar-refractivity contribution in [2.24, 2.45) is 0 Å². The third-order valence-electron chi connectivity index (χ3n) is 15.8. The van der Waals surface area contributed by atoms with Crippen molar-refractivity contribution in [2.45, 2.75) is 24.7 Å². The molecule has 3 heteroatoms. The van der Waals surface area contributed by atoms with E-state index < -0.39 is 5.41 Å². The van der Waals surface area contributed by atoms with Crippen LogP contribution < -0.4 is 4.90 Å². The first-order valence-corrected chi connectivity index (χ1v) is 24.4. The van der Waals surface area contributed by atoms with Crippen molar-refractivity contribution in [3.05, 3.63) is 264 Å². The standard InChI is InChI=1S/C67H44N2O/c1-66(2)54-26-12-10-25-52(54)64-59(66)37-43(65-53(41-18-4-3-5-19-41)36-42-20-6-16-30-60(42)68-65)38-61(64)69(45-33-35-51-50-24-11-17-31-62(50)70-63(51)40-45)44-32-34-49-48-23-9-15-29-57(48)67(58(49)39-44)55-27-13-7-21-46(55)47-22-8-14-28-56(47)67/h3-40H,1-2H3. The van der Waals surface area contributed by atoms with Crippen molar-refractivity contribution >= 4 is 49.9 Å². The monoisotopic (exact) mass is 892 g/mol. The molecule has 0 aliphatic heterocycles. The van der Waals surface area contributed by atoms with Crippen LogP contribution >= 0.6 is 0 Å². The topological polar surface area (TPSA) is 29.3 Å². The van der Waals surface area contributed by atoms with Crippen molar-refractivity contribution in [2.75, 3.05) is 4.90 Å². The van der Waals surface area contributed by atoms with E-state index in [-0.39, 0.29) is 5.41 Å². The molecule has 0 unspecified atom stereocenters. The number of rotatable bonds is 5. The lowest BCUT2D eigenvalue weighted by Gasteiger charge is -2.33. The van der Waals surface area contributed by atoms with E-state index in [2.05, 4.69) is 243 Å². The number of benzene rings is 10. The first-order valence-electron chi connectivity index (χ1n) is 24.4. The summed E-state index contributed by atoms with van der Waals surface area (Å²) in [5.41, 5.74) is 24.7. The number of fused-ring (bicyclic) bond motifs is 17. The second-order valence-electron chi connectivity index (χ2n) is 19.8. The Balaban J connectivity index is 1.06. The minimum atomic E-state index is -0.512. The van der Waals surface area contributed by atoms with Crippen molar-refractivity contribution in [1.82, 2.24) is 4.98 Å². The molecule has 2 heterocycles. The van der Waals surface area contributed by atoms with E-state index in [1.54, 1.807) is 0 Å². The zero-order valence-corrected chi connectivity index (χ0v) is 38.7. The molecule has 0 bridgehead atoms. The first kappa shape index (κ1) is 39.2. The van der Waals surface area contributed by atoms with E-state index in [1.807, 2.05) is 6.07 Å². The Bertz CT molecular complexity index is 4110. The van der Waals surface area contributed by atoms with Gasteiger partial charge in [-0.3, -0.25) is 0 Å². The molecule has 1 spiro atoms. The third-order valence-corrected chi connectivity index (χ3v) is 15.8. The molecule has 10 aromatic carbocycles. The van der Waals surface area contributed by atoms with Crippen LogP contribution in [0.15, 0.2) is 235 Å². The molecule has 0 radical (unpaired) electrons. The average molecular weight is 893 g/mol. The highest BCUT2D eigenvalue weighted by Gasteiger charge is 2.52. The molecule has 328 valence electrons. The fourth-order valence-corrected chi connectivity index (χ4v) is 12.8. The average Bonchev–Trinajstić information content (AvgIpc) is 4.11. The van der Waals surface area contributed by atoms with E-state index >= 15 is 0 Å². The summed E-state index contributed by atoms with van der Waals surface area (Å²) in [6, 6.07) is 85.0. The lowest BCUT2D eigenvalue weighted by atomic mass is 9.70. The molecular weight excluding hydrogens is 849 g/mol. The molecule has 0 amide bonds. The summed E-state index contributed by atoms with van der Waals surface area (Å²) >= 11 is 0. The van der Waals surface area contributed by atoms with E-state index in [4.69, 9.17) is 9.40 Å². The van der Waals surface area contributed by atoms with Crippen LogP contribution in [0.25, 0.3) is 88.6 Å². The number of hydrogen-bond acceptors (Lipinski definition) is 3. The molecule has 15 rings (SSSR count). The van der Waals surface area contributed by atoms with Gasteiger partial charge in [-0.05, 0) is 121 Å². The first-order chi connectivity index (χ1) is 34.5. The zero-order valence-electron chi connectivity index (χ0n) is 38.7. The molecular formula is C67H44N2O. The van der Waals surface area contributed by atoms with Gasteiger partial charge in [0.25, 0.3) is 0 Å². The number of furan rings is 1. The summed E-state index contributed by atoms with van der Waals surface area (Å²) in [6.07, 6.45) is 0. The molecule has 70 heavy (non-hydrogen) atoms. The molecule has 0 fully saturated rings. The molecule has 0 atom stereocenters. The van der Waals surface area contributed by atoms with Crippen LogP contribution in [-0.4, -0.2) is 4.98 Å². The molecule has 0 N–H and O–H groups in total. The minimum absolute atomic E-state index is 0.310. The van der Waals surface area contributed by atoms with Gasteiger partial charge in [0.15, 0.2) is 0 Å². The van der Waals surface area contributed by atoms with Gasteiger partial charge in [-0.25, -0.2) is 4.98 Å². The van der Waals surface area contributed by atoms with Crippen LogP contribution in [0.3, 0.4) is 0 Å². The third kappa shape index (κ3) is 5.26. The van der Waals surface area contributed by atoms with Crippen molar-refractivity contribution < 1.29 is 4.42 Å². The van der Waals surface area contributed by atoms with E-state index in [0.29, 0.717) is 0 Å². The molecule has 3 aliphatic rings. The van der Waals surface area contributed by atoms with Gasteiger partial charge in [0, 0.05) is 55.7 Å². The van der Waals surface area contributed by atoms with Gasteiger partial charge in [-0.2, -0.15) is 0 Å². The highest BCUT2D eigenvalue weighted by molar-refractivity contribution is 6.07. The Labute approximate surface area is 406 Å². The molecule has 0 saturated carbocycles. The SMILES string of the molecule is CC1(C)c2ccccc2-c2c(N(c3ccc4c(c3)C3(c5ccccc5-c5ccccc53)c3ccccc3-4)c3ccc4c(c3)oc3ccccc34)cc(-c3nc4ccccc4cc3-c3ccccc3)cc21. The number of nitrogens with zero attached hydrogens (tertiary/aromatic N) is 2. The highest BCUT2D eigenvalue weighted by Crippen LogP contribution is 2.64. The second-order valence-corrected chi connectivity index (χ2v) is 19.8. The molecule has 3 nitrogen and oxygen atoms in total. The van der Waals surface area contributed by atoms with Crippen molar-refractivity contribution in [1.29, 1.82) is 0 Å². The second kappa shape index (κ2) is 14.4. The van der Waals surface area contributed by atoms with Crippen molar-refractivity contribution in [3.63, 3.8) is 0 Å².